The minimum atomic E-state index is -4.49. The molecule has 1 aromatic heterocycles. The molecule has 0 aromatic carbocycles. The number of allylic oxidation sites excluding steroid dienone is 2. The highest BCUT2D eigenvalue weighted by molar-refractivity contribution is 6.31. The van der Waals surface area contributed by atoms with E-state index < -0.39 is 11.7 Å². The number of aromatic nitrogens is 1. The molecular formula is C24H35ClF3N5. The van der Waals surface area contributed by atoms with Crippen LogP contribution in [0.4, 0.5) is 24.7 Å². The van der Waals surface area contributed by atoms with Crippen LogP contribution in [0.5, 0.6) is 0 Å². The molecule has 1 aliphatic heterocycles. The Kier molecular flexibility index (Phi) is 10.1. The van der Waals surface area contributed by atoms with Crippen molar-refractivity contribution in [3.05, 3.63) is 40.2 Å². The van der Waals surface area contributed by atoms with Gasteiger partial charge in [-0.3, -0.25) is 0 Å². The molecule has 0 unspecified atom stereocenters. The Labute approximate surface area is 200 Å². The van der Waals surface area contributed by atoms with Gasteiger partial charge in [0, 0.05) is 55.8 Å². The molecule has 33 heavy (non-hydrogen) atoms. The summed E-state index contributed by atoms with van der Waals surface area (Å²) in [5, 5.41) is 14.2. The number of hydrogen-bond acceptors (Lipinski definition) is 5. The van der Waals surface area contributed by atoms with Crippen LogP contribution in [-0.4, -0.2) is 43.1 Å². The molecule has 9 heteroatoms. The molecule has 0 amide bonds. The van der Waals surface area contributed by atoms with Crippen LogP contribution >= 0.6 is 11.6 Å². The summed E-state index contributed by atoms with van der Waals surface area (Å²) < 4.78 is 40.4. The van der Waals surface area contributed by atoms with Gasteiger partial charge in [-0.25, -0.2) is 4.98 Å². The van der Waals surface area contributed by atoms with Crippen molar-refractivity contribution < 1.29 is 13.2 Å². The molecule has 0 bridgehead atoms. The van der Waals surface area contributed by atoms with E-state index in [-0.39, 0.29) is 18.0 Å². The third-order valence-electron chi connectivity index (χ3n) is 5.67. The van der Waals surface area contributed by atoms with E-state index in [2.05, 4.69) is 34.4 Å². The van der Waals surface area contributed by atoms with Gasteiger partial charge in [0.05, 0.1) is 16.3 Å². The molecule has 2 heterocycles. The number of nitrogens with one attached hydrogen (secondary N) is 3. The van der Waals surface area contributed by atoms with Gasteiger partial charge in [-0.2, -0.15) is 13.2 Å². The van der Waals surface area contributed by atoms with Gasteiger partial charge in [-0.15, -0.1) is 0 Å². The number of anilines is 2. The maximum absolute atomic E-state index is 13.5. The van der Waals surface area contributed by atoms with Crippen LogP contribution < -0.4 is 15.5 Å². The fourth-order valence-corrected chi connectivity index (χ4v) is 4.49. The normalized spacial score (nSPS) is 15.2. The Morgan fingerprint density at radius 3 is 2.55 bits per heavy atom. The average molecular weight is 486 g/mol. The third-order valence-corrected chi connectivity index (χ3v) is 5.89. The van der Waals surface area contributed by atoms with Crippen LogP contribution in [-0.2, 0) is 0 Å². The van der Waals surface area contributed by atoms with Crippen LogP contribution in [0.3, 0.4) is 0 Å². The van der Waals surface area contributed by atoms with Crippen molar-refractivity contribution in [2.24, 2.45) is 0 Å². The van der Waals surface area contributed by atoms with Gasteiger partial charge in [0.1, 0.15) is 5.82 Å². The SMILES string of the molecule is CCCC(CCC)N1CCC(=N)c2c1cc(C)nc2NCC/C(=C\C(Cl)=C/NC)C(F)(F)F. The summed E-state index contributed by atoms with van der Waals surface area (Å²) in [5.41, 5.74) is 2.17. The van der Waals surface area contributed by atoms with Gasteiger partial charge in [0.2, 0.25) is 0 Å². The van der Waals surface area contributed by atoms with Gasteiger partial charge in [0.15, 0.2) is 0 Å². The summed E-state index contributed by atoms with van der Waals surface area (Å²) in [7, 11) is 1.57. The fourth-order valence-electron chi connectivity index (χ4n) is 4.24. The molecule has 3 N–H and O–H groups in total. The molecule has 0 fully saturated rings. The van der Waals surface area contributed by atoms with Gasteiger partial charge >= 0.3 is 6.18 Å². The Hall–Kier alpha value is -2.22. The smallest absolute Gasteiger partial charge is 0.393 e. The summed E-state index contributed by atoms with van der Waals surface area (Å²) >= 11 is 5.87. The first-order chi connectivity index (χ1) is 15.6. The average Bonchev–Trinajstić information content (AvgIpc) is 2.72. The van der Waals surface area contributed by atoms with E-state index >= 15 is 0 Å². The zero-order valence-electron chi connectivity index (χ0n) is 19.9. The maximum Gasteiger partial charge on any atom is 0.412 e. The Bertz CT molecular complexity index is 874. The second-order valence-corrected chi connectivity index (χ2v) is 8.76. The lowest BCUT2D eigenvalue weighted by Gasteiger charge is -2.39. The van der Waals surface area contributed by atoms with E-state index in [0.29, 0.717) is 29.6 Å². The molecule has 1 aromatic rings. The predicted molar refractivity (Wildman–Crippen MR) is 132 cm³/mol. The third kappa shape index (κ3) is 7.39. The molecule has 0 aliphatic carbocycles. The van der Waals surface area contributed by atoms with Gasteiger partial charge in [-0.1, -0.05) is 38.3 Å². The van der Waals surface area contributed by atoms with E-state index in [9.17, 15) is 13.2 Å². The van der Waals surface area contributed by atoms with Gasteiger partial charge in [-0.05, 0) is 38.3 Å². The number of halogens is 4. The van der Waals surface area contributed by atoms with Crippen molar-refractivity contribution in [1.29, 1.82) is 5.41 Å². The standard InChI is InChI=1S/C24H35ClF3N5/c1-5-7-19(8-6-2)33-12-10-20(29)22-21(33)13-16(3)32-23(22)31-11-9-17(24(26,27)28)14-18(25)15-30-4/h13-15,19,29-30H,5-12H2,1-4H3,(H,31,32)/b17-14+,18-15+,29-20?. The van der Waals surface area contributed by atoms with Crippen LogP contribution in [0.15, 0.2) is 28.9 Å². The Morgan fingerprint density at radius 1 is 1.30 bits per heavy atom. The first-order valence-corrected chi connectivity index (χ1v) is 11.9. The number of nitrogens with zero attached hydrogens (tertiary/aromatic N) is 2. The lowest BCUT2D eigenvalue weighted by Crippen LogP contribution is -2.41. The fraction of sp³-hybridized carbons (Fsp3) is 0.583. The molecule has 0 saturated heterocycles. The monoisotopic (exact) mass is 485 g/mol. The summed E-state index contributed by atoms with van der Waals surface area (Å²) in [5.74, 6) is 0.477. The molecule has 0 saturated carbocycles. The van der Waals surface area contributed by atoms with E-state index in [1.807, 2.05) is 13.0 Å². The topological polar surface area (TPSA) is 64.0 Å². The second kappa shape index (κ2) is 12.3. The van der Waals surface area contributed by atoms with Crippen LogP contribution in [0.25, 0.3) is 0 Å². The molecule has 0 atom stereocenters. The minimum absolute atomic E-state index is 0.0220. The van der Waals surface area contributed by atoms with Crippen molar-refractivity contribution in [2.75, 3.05) is 30.4 Å². The number of fused-ring (bicyclic) bond motifs is 1. The minimum Gasteiger partial charge on any atom is -0.393 e. The van der Waals surface area contributed by atoms with Crippen LogP contribution in [0.2, 0.25) is 0 Å². The zero-order chi connectivity index (χ0) is 24.6. The van der Waals surface area contributed by atoms with Crippen molar-refractivity contribution in [2.45, 2.75) is 71.5 Å². The maximum atomic E-state index is 13.5. The van der Waals surface area contributed by atoms with Crippen LogP contribution in [0, 0.1) is 12.3 Å². The van der Waals surface area contributed by atoms with E-state index in [0.717, 1.165) is 49.7 Å². The lowest BCUT2D eigenvalue weighted by atomic mass is 9.95. The lowest BCUT2D eigenvalue weighted by molar-refractivity contribution is -0.0936. The van der Waals surface area contributed by atoms with Crippen molar-refractivity contribution in [3.63, 3.8) is 0 Å². The highest BCUT2D eigenvalue weighted by Crippen LogP contribution is 2.36. The molecule has 2 rings (SSSR count). The molecule has 5 nitrogen and oxygen atoms in total. The number of pyridine rings is 1. The molecule has 0 spiro atoms. The number of rotatable bonds is 11. The summed E-state index contributed by atoms with van der Waals surface area (Å²) in [6.45, 7) is 7.02. The van der Waals surface area contributed by atoms with E-state index in [1.54, 1.807) is 7.05 Å². The number of alkyl halides is 3. The number of hydrogen-bond donors (Lipinski definition) is 3. The molecular weight excluding hydrogens is 451 g/mol. The van der Waals surface area contributed by atoms with Gasteiger partial charge in [0.25, 0.3) is 0 Å². The first kappa shape index (κ1) is 27.0. The van der Waals surface area contributed by atoms with Gasteiger partial charge < -0.3 is 20.9 Å². The second-order valence-electron chi connectivity index (χ2n) is 8.32. The molecule has 0 radical (unpaired) electrons. The van der Waals surface area contributed by atoms with Crippen molar-refractivity contribution in [1.82, 2.24) is 10.3 Å². The highest BCUT2D eigenvalue weighted by Gasteiger charge is 2.33. The van der Waals surface area contributed by atoms with Crippen molar-refractivity contribution >= 4 is 28.8 Å². The molecule has 1 aliphatic rings. The van der Waals surface area contributed by atoms with E-state index in [4.69, 9.17) is 17.0 Å². The number of aryl methyl sites for hydroxylation is 1. The summed E-state index contributed by atoms with van der Waals surface area (Å²) in [4.78, 5) is 6.91. The summed E-state index contributed by atoms with van der Waals surface area (Å²) in [6, 6.07) is 2.37. The zero-order valence-corrected chi connectivity index (χ0v) is 20.6. The molecule has 184 valence electrons. The Morgan fingerprint density at radius 2 is 1.97 bits per heavy atom. The van der Waals surface area contributed by atoms with E-state index in [1.165, 1.54) is 6.20 Å². The predicted octanol–water partition coefficient (Wildman–Crippen LogP) is 6.53. The quantitative estimate of drug-likeness (QED) is 0.312. The van der Waals surface area contributed by atoms with Crippen LogP contribution in [0.1, 0.15) is 63.6 Å². The Balaban J connectivity index is 2.32. The highest BCUT2D eigenvalue weighted by atomic mass is 35.5. The van der Waals surface area contributed by atoms with Crippen molar-refractivity contribution in [3.8, 4) is 0 Å². The first-order valence-electron chi connectivity index (χ1n) is 11.5. The largest absolute Gasteiger partial charge is 0.412 e. The summed E-state index contributed by atoms with van der Waals surface area (Å²) in [6.07, 6.45) is 2.33.